The Hall–Kier alpha value is -2.26. The van der Waals surface area contributed by atoms with E-state index in [1.165, 1.54) is 25.1 Å². The molecule has 0 spiro atoms. The molecule has 0 fully saturated rings. The number of aromatic nitrogens is 2. The van der Waals surface area contributed by atoms with Gasteiger partial charge in [0.25, 0.3) is 5.69 Å². The van der Waals surface area contributed by atoms with Crippen molar-refractivity contribution in [1.29, 1.82) is 0 Å². The van der Waals surface area contributed by atoms with Gasteiger partial charge < -0.3 is 4.98 Å². The molecule has 9 heteroatoms. The largest absolute Gasteiger partial charge is 0.345 e. The van der Waals surface area contributed by atoms with E-state index in [9.17, 15) is 18.5 Å². The van der Waals surface area contributed by atoms with E-state index in [0.717, 1.165) is 12.1 Å². The summed E-state index contributed by atoms with van der Waals surface area (Å²) in [7, 11) is -3.86. The number of nitrogens with zero attached hydrogens (tertiary/aromatic N) is 2. The minimum absolute atomic E-state index is 0.00946. The summed E-state index contributed by atoms with van der Waals surface area (Å²) in [6.45, 7) is 3.35. The van der Waals surface area contributed by atoms with E-state index >= 15 is 0 Å². The van der Waals surface area contributed by atoms with Crippen molar-refractivity contribution in [2.45, 2.75) is 31.7 Å². The van der Waals surface area contributed by atoms with Gasteiger partial charge in [-0.05, 0) is 19.4 Å². The zero-order valence-corrected chi connectivity index (χ0v) is 13.0. The Labute approximate surface area is 127 Å². The summed E-state index contributed by atoms with van der Waals surface area (Å²) in [4.78, 5) is 17.2. The number of aromatic amines is 1. The van der Waals surface area contributed by atoms with Gasteiger partial charge in [-0.15, -0.1) is 0 Å². The Kier molecular flexibility index (Phi) is 4.57. The first kappa shape index (κ1) is 16.1. The van der Waals surface area contributed by atoms with Crippen molar-refractivity contribution in [3.8, 4) is 0 Å². The normalized spacial score (nSPS) is 11.5. The van der Waals surface area contributed by atoms with E-state index in [0.29, 0.717) is 5.82 Å². The molecule has 2 N–H and O–H groups in total. The number of rotatable bonds is 6. The number of hydrogen-bond acceptors (Lipinski definition) is 5. The van der Waals surface area contributed by atoms with Gasteiger partial charge in [-0.25, -0.2) is 18.1 Å². The third kappa shape index (κ3) is 3.31. The monoisotopic (exact) mass is 324 g/mol. The van der Waals surface area contributed by atoms with Crippen molar-refractivity contribution in [2.24, 2.45) is 0 Å². The van der Waals surface area contributed by atoms with Crippen molar-refractivity contribution in [3.05, 3.63) is 51.6 Å². The van der Waals surface area contributed by atoms with Crippen LogP contribution in [-0.4, -0.2) is 23.3 Å². The van der Waals surface area contributed by atoms with Crippen molar-refractivity contribution >= 4 is 15.7 Å². The lowest BCUT2D eigenvalue weighted by Gasteiger charge is -2.08. The van der Waals surface area contributed by atoms with Crippen LogP contribution < -0.4 is 4.72 Å². The van der Waals surface area contributed by atoms with Crippen LogP contribution in [0.3, 0.4) is 0 Å². The van der Waals surface area contributed by atoms with E-state index in [2.05, 4.69) is 14.7 Å². The van der Waals surface area contributed by atoms with Crippen LogP contribution >= 0.6 is 0 Å². The molecule has 0 bridgehead atoms. The van der Waals surface area contributed by atoms with Gasteiger partial charge in [0.1, 0.15) is 5.82 Å². The van der Waals surface area contributed by atoms with Gasteiger partial charge in [0.15, 0.2) is 0 Å². The standard InChI is InChI=1S/C13H16N4O4S/c1-3-10-7-14-13(16-10)8-15-22(20,21)12-6-4-5-11(9(12)2)17(18)19/h4-7,15H,3,8H2,1-2H3,(H,14,16). The van der Waals surface area contributed by atoms with Gasteiger partial charge in [0.05, 0.1) is 16.4 Å². The molecule has 1 aromatic carbocycles. The highest BCUT2D eigenvalue weighted by atomic mass is 32.2. The molecule has 1 heterocycles. The van der Waals surface area contributed by atoms with Crippen LogP contribution in [0, 0.1) is 17.0 Å². The quantitative estimate of drug-likeness (QED) is 0.619. The SMILES string of the molecule is CCc1cnc(CNS(=O)(=O)c2cccc([N+](=O)[O-])c2C)[nH]1. The Morgan fingerprint density at radius 1 is 1.41 bits per heavy atom. The minimum Gasteiger partial charge on any atom is -0.345 e. The summed E-state index contributed by atoms with van der Waals surface area (Å²) in [5.74, 6) is 0.489. The summed E-state index contributed by atoms with van der Waals surface area (Å²) >= 11 is 0. The highest BCUT2D eigenvalue weighted by Gasteiger charge is 2.22. The highest BCUT2D eigenvalue weighted by molar-refractivity contribution is 7.89. The van der Waals surface area contributed by atoms with Crippen molar-refractivity contribution < 1.29 is 13.3 Å². The zero-order chi connectivity index (χ0) is 16.3. The Morgan fingerprint density at radius 3 is 2.73 bits per heavy atom. The molecular formula is C13H16N4O4S. The molecule has 118 valence electrons. The number of sulfonamides is 1. The molecule has 0 saturated carbocycles. The molecule has 0 aliphatic heterocycles. The number of nitro benzene ring substituents is 1. The summed E-state index contributed by atoms with van der Waals surface area (Å²) in [6, 6.07) is 3.96. The molecule has 22 heavy (non-hydrogen) atoms. The van der Waals surface area contributed by atoms with Gasteiger partial charge >= 0.3 is 0 Å². The van der Waals surface area contributed by atoms with E-state index in [1.54, 1.807) is 6.20 Å². The first-order chi connectivity index (χ1) is 10.3. The predicted octanol–water partition coefficient (Wildman–Crippen LogP) is 1.67. The first-order valence-corrected chi connectivity index (χ1v) is 8.10. The third-order valence-corrected chi connectivity index (χ3v) is 4.78. The number of imidazole rings is 1. The molecule has 0 aliphatic carbocycles. The lowest BCUT2D eigenvalue weighted by molar-refractivity contribution is -0.385. The number of nitro groups is 1. The summed E-state index contributed by atoms with van der Waals surface area (Å²) in [6.07, 6.45) is 2.41. The second-order valence-electron chi connectivity index (χ2n) is 4.69. The summed E-state index contributed by atoms with van der Waals surface area (Å²) in [5.41, 5.74) is 0.781. The van der Waals surface area contributed by atoms with Crippen LogP contribution in [0.15, 0.2) is 29.3 Å². The Morgan fingerprint density at radius 2 is 2.14 bits per heavy atom. The number of aryl methyl sites for hydroxylation is 1. The summed E-state index contributed by atoms with van der Waals surface area (Å²) in [5, 5.41) is 10.9. The molecule has 0 atom stereocenters. The van der Waals surface area contributed by atoms with Crippen LogP contribution in [0.1, 0.15) is 24.0 Å². The van der Waals surface area contributed by atoms with Crippen molar-refractivity contribution in [2.75, 3.05) is 0 Å². The van der Waals surface area contributed by atoms with Gasteiger partial charge in [-0.3, -0.25) is 10.1 Å². The zero-order valence-electron chi connectivity index (χ0n) is 12.2. The summed E-state index contributed by atoms with van der Waals surface area (Å²) < 4.78 is 27.0. The van der Waals surface area contributed by atoms with E-state index in [4.69, 9.17) is 0 Å². The molecule has 0 amide bonds. The maximum Gasteiger partial charge on any atom is 0.273 e. The maximum atomic E-state index is 12.3. The van der Waals surface area contributed by atoms with Gasteiger partial charge in [-0.1, -0.05) is 13.0 Å². The molecule has 1 aromatic heterocycles. The fourth-order valence-corrected chi connectivity index (χ4v) is 3.26. The predicted molar refractivity (Wildman–Crippen MR) is 79.8 cm³/mol. The fraction of sp³-hybridized carbons (Fsp3) is 0.308. The number of nitrogens with one attached hydrogen (secondary N) is 2. The average molecular weight is 324 g/mol. The molecule has 0 radical (unpaired) electrons. The Bertz CT molecular complexity index is 798. The van der Waals surface area contributed by atoms with Crippen LogP contribution in [0.25, 0.3) is 0 Å². The molecule has 0 unspecified atom stereocenters. The fourth-order valence-electron chi connectivity index (χ4n) is 2.01. The van der Waals surface area contributed by atoms with Crippen LogP contribution in [0.2, 0.25) is 0 Å². The Balaban J connectivity index is 2.23. The van der Waals surface area contributed by atoms with Crippen molar-refractivity contribution in [1.82, 2.24) is 14.7 Å². The molecule has 2 aromatic rings. The first-order valence-electron chi connectivity index (χ1n) is 6.61. The van der Waals surface area contributed by atoms with Crippen LogP contribution in [0.5, 0.6) is 0 Å². The lowest BCUT2D eigenvalue weighted by Crippen LogP contribution is -2.24. The maximum absolute atomic E-state index is 12.3. The minimum atomic E-state index is -3.86. The molecule has 2 rings (SSSR count). The van der Waals surface area contributed by atoms with Gasteiger partial charge in [0.2, 0.25) is 10.0 Å². The molecule has 8 nitrogen and oxygen atoms in total. The van der Waals surface area contributed by atoms with E-state index in [1.807, 2.05) is 6.92 Å². The second-order valence-corrected chi connectivity index (χ2v) is 6.43. The smallest absolute Gasteiger partial charge is 0.273 e. The van der Waals surface area contributed by atoms with Crippen molar-refractivity contribution in [3.63, 3.8) is 0 Å². The third-order valence-electron chi connectivity index (χ3n) is 3.23. The van der Waals surface area contributed by atoms with Gasteiger partial charge in [0, 0.05) is 23.5 Å². The average Bonchev–Trinajstić information content (AvgIpc) is 2.93. The number of benzene rings is 1. The molecule has 0 aliphatic rings. The van der Waals surface area contributed by atoms with Crippen LogP contribution in [0.4, 0.5) is 5.69 Å². The molecular weight excluding hydrogens is 308 g/mol. The topological polar surface area (TPSA) is 118 Å². The van der Waals surface area contributed by atoms with E-state index in [-0.39, 0.29) is 22.7 Å². The second kappa shape index (κ2) is 6.24. The van der Waals surface area contributed by atoms with Gasteiger partial charge in [-0.2, -0.15) is 0 Å². The number of hydrogen-bond donors (Lipinski definition) is 2. The highest BCUT2D eigenvalue weighted by Crippen LogP contribution is 2.24. The van der Waals surface area contributed by atoms with E-state index < -0.39 is 14.9 Å². The lowest BCUT2D eigenvalue weighted by atomic mass is 10.2. The number of H-pyrrole nitrogens is 1. The van der Waals surface area contributed by atoms with Crippen LogP contribution in [-0.2, 0) is 23.0 Å². The molecule has 0 saturated heterocycles.